The van der Waals surface area contributed by atoms with Crippen LogP contribution in [0.3, 0.4) is 0 Å². The number of rotatable bonds is 4. The molecule has 2 nitrogen and oxygen atoms in total. The molecule has 0 saturated heterocycles. The summed E-state index contributed by atoms with van der Waals surface area (Å²) in [7, 11) is 0. The third-order valence-corrected chi connectivity index (χ3v) is 5.62. The molecule has 10 heteroatoms. The van der Waals surface area contributed by atoms with E-state index in [0.29, 0.717) is 20.8 Å². The highest BCUT2D eigenvalue weighted by molar-refractivity contribution is 9.10. The number of alkyl halides is 6. The Labute approximate surface area is 190 Å². The normalized spacial score (nSPS) is 14.2. The molecule has 1 aliphatic carbocycles. The van der Waals surface area contributed by atoms with Gasteiger partial charge in [-0.2, -0.15) is 26.3 Å². The molecule has 166 valence electrons. The highest BCUT2D eigenvalue weighted by atomic mass is 79.9. The number of benzene rings is 2. The van der Waals surface area contributed by atoms with Gasteiger partial charge in [-0.05, 0) is 60.9 Å². The predicted octanol–water partition coefficient (Wildman–Crippen LogP) is 7.74. The van der Waals surface area contributed by atoms with Crippen molar-refractivity contribution in [1.82, 2.24) is 0 Å². The summed E-state index contributed by atoms with van der Waals surface area (Å²) in [6, 6.07) is 6.29. The maximum atomic E-state index is 12.5. The number of halogens is 8. The molecule has 0 radical (unpaired) electrons. The molecular weight excluding hydrogens is 558 g/mol. The van der Waals surface area contributed by atoms with E-state index >= 15 is 0 Å². The highest BCUT2D eigenvalue weighted by Crippen LogP contribution is 2.34. The molecule has 2 aromatic rings. The van der Waals surface area contributed by atoms with Crippen LogP contribution in [0.25, 0.3) is 6.08 Å². The van der Waals surface area contributed by atoms with Crippen molar-refractivity contribution in [3.05, 3.63) is 73.7 Å². The number of ketones is 1. The van der Waals surface area contributed by atoms with Crippen molar-refractivity contribution in [2.24, 2.45) is 5.92 Å². The van der Waals surface area contributed by atoms with Gasteiger partial charge in [0.1, 0.15) is 0 Å². The Hall–Kier alpha value is -1.94. The van der Waals surface area contributed by atoms with Gasteiger partial charge in [-0.3, -0.25) is 9.59 Å². The predicted molar refractivity (Wildman–Crippen MR) is 110 cm³/mol. The van der Waals surface area contributed by atoms with Crippen LogP contribution in [0.2, 0.25) is 0 Å². The highest BCUT2D eigenvalue weighted by Gasteiger charge is 2.31. The van der Waals surface area contributed by atoms with Crippen molar-refractivity contribution in [1.29, 1.82) is 0 Å². The largest absolute Gasteiger partial charge is 0.416 e. The van der Waals surface area contributed by atoms with Crippen LogP contribution in [0.1, 0.15) is 39.9 Å². The smallest absolute Gasteiger partial charge is 0.298 e. The number of hydrogen-bond donors (Lipinski definition) is 0. The average Bonchev–Trinajstić information content (AvgIpc) is 3.51. The number of allylic oxidation sites excluding steroid dienone is 1. The molecule has 0 unspecified atom stereocenters. The molecular formula is C21H14Br2F6O2. The standard InChI is InChI=1S/C13H10BrF3O.C8H4BrF3O/c14-11-5-4-10(13(15,16)17)7-9(11)3-6-12(18)8-1-2-8;9-7-2-1-6(8(10,11)12)3-5(7)4-13/h3-8H,1-2H2;1-4H. The maximum absolute atomic E-state index is 12.5. The number of aldehydes is 1. The summed E-state index contributed by atoms with van der Waals surface area (Å²) >= 11 is 6.13. The van der Waals surface area contributed by atoms with Gasteiger partial charge in [0.05, 0.1) is 11.1 Å². The summed E-state index contributed by atoms with van der Waals surface area (Å²) in [4.78, 5) is 21.8. The van der Waals surface area contributed by atoms with Gasteiger partial charge in [-0.1, -0.05) is 37.9 Å². The van der Waals surface area contributed by atoms with Crippen LogP contribution >= 0.6 is 31.9 Å². The summed E-state index contributed by atoms with van der Waals surface area (Å²) in [6.07, 6.45) is -3.85. The van der Waals surface area contributed by atoms with Crippen molar-refractivity contribution in [2.45, 2.75) is 25.2 Å². The summed E-state index contributed by atoms with van der Waals surface area (Å²) < 4.78 is 74.8. The monoisotopic (exact) mass is 570 g/mol. The molecule has 0 aromatic heterocycles. The lowest BCUT2D eigenvalue weighted by molar-refractivity contribution is -0.138. The topological polar surface area (TPSA) is 34.1 Å². The fraction of sp³-hybridized carbons (Fsp3) is 0.238. The minimum absolute atomic E-state index is 0.00479. The van der Waals surface area contributed by atoms with Crippen LogP contribution in [-0.2, 0) is 17.1 Å². The minimum atomic E-state index is -4.40. The van der Waals surface area contributed by atoms with Crippen molar-refractivity contribution in [3.63, 3.8) is 0 Å². The molecule has 31 heavy (non-hydrogen) atoms. The third kappa shape index (κ3) is 7.60. The first-order chi connectivity index (χ1) is 14.3. The summed E-state index contributed by atoms with van der Waals surface area (Å²) in [5.41, 5.74) is -1.18. The molecule has 0 N–H and O–H groups in total. The van der Waals surface area contributed by atoms with Gasteiger partial charge in [0.2, 0.25) is 0 Å². The van der Waals surface area contributed by atoms with Gasteiger partial charge in [-0.15, -0.1) is 0 Å². The SMILES string of the molecule is O=C(C=Cc1cc(C(F)(F)F)ccc1Br)C1CC1.O=Cc1cc(C(F)(F)F)ccc1Br. The van der Waals surface area contributed by atoms with E-state index in [1.807, 2.05) is 0 Å². The zero-order valence-electron chi connectivity index (χ0n) is 15.5. The molecule has 0 bridgehead atoms. The van der Waals surface area contributed by atoms with E-state index < -0.39 is 23.5 Å². The lowest BCUT2D eigenvalue weighted by Crippen LogP contribution is -2.05. The van der Waals surface area contributed by atoms with Crippen molar-refractivity contribution >= 4 is 50.0 Å². The Morgan fingerprint density at radius 1 is 0.839 bits per heavy atom. The molecule has 3 rings (SSSR count). The molecule has 1 fully saturated rings. The van der Waals surface area contributed by atoms with Crippen LogP contribution in [0.15, 0.2) is 51.4 Å². The van der Waals surface area contributed by atoms with E-state index in [2.05, 4.69) is 31.9 Å². The second kappa shape index (κ2) is 10.1. The maximum Gasteiger partial charge on any atom is 0.416 e. The number of carbonyl (C=O) groups excluding carboxylic acids is 2. The Morgan fingerprint density at radius 3 is 1.71 bits per heavy atom. The molecule has 1 aliphatic rings. The van der Waals surface area contributed by atoms with E-state index in [1.54, 1.807) is 0 Å². The Balaban J connectivity index is 0.000000233. The second-order valence-electron chi connectivity index (χ2n) is 6.60. The van der Waals surface area contributed by atoms with Crippen LogP contribution in [0.4, 0.5) is 26.3 Å². The van der Waals surface area contributed by atoms with Gasteiger partial charge >= 0.3 is 12.4 Å². The first kappa shape index (κ1) is 25.3. The molecule has 0 spiro atoms. The lowest BCUT2D eigenvalue weighted by Gasteiger charge is -2.08. The lowest BCUT2D eigenvalue weighted by atomic mass is 10.1. The van der Waals surface area contributed by atoms with E-state index in [0.717, 1.165) is 37.1 Å². The van der Waals surface area contributed by atoms with Gasteiger partial charge in [0, 0.05) is 20.4 Å². The van der Waals surface area contributed by atoms with Crippen molar-refractivity contribution in [3.8, 4) is 0 Å². The Morgan fingerprint density at radius 2 is 1.29 bits per heavy atom. The molecule has 1 saturated carbocycles. The summed E-state index contributed by atoms with van der Waals surface area (Å²) in [5, 5.41) is 0. The summed E-state index contributed by atoms with van der Waals surface area (Å²) in [5.74, 6) is 0.0603. The third-order valence-electron chi connectivity index (χ3n) is 4.18. The molecule has 0 amide bonds. The number of carbonyl (C=O) groups is 2. The van der Waals surface area contributed by atoms with E-state index in [9.17, 15) is 35.9 Å². The van der Waals surface area contributed by atoms with Gasteiger partial charge in [-0.25, -0.2) is 0 Å². The minimum Gasteiger partial charge on any atom is -0.298 e. The Kier molecular flexibility index (Phi) is 8.27. The summed E-state index contributed by atoms with van der Waals surface area (Å²) in [6.45, 7) is 0. The van der Waals surface area contributed by atoms with E-state index in [1.165, 1.54) is 24.3 Å². The molecule has 0 heterocycles. The molecule has 2 aromatic carbocycles. The van der Waals surface area contributed by atoms with E-state index in [-0.39, 0.29) is 17.3 Å². The van der Waals surface area contributed by atoms with Crippen LogP contribution in [0.5, 0.6) is 0 Å². The van der Waals surface area contributed by atoms with Gasteiger partial charge < -0.3 is 0 Å². The van der Waals surface area contributed by atoms with Crippen molar-refractivity contribution < 1.29 is 35.9 Å². The van der Waals surface area contributed by atoms with Gasteiger partial charge in [0.15, 0.2) is 12.1 Å². The molecule has 0 aliphatic heterocycles. The molecule has 0 atom stereocenters. The average molecular weight is 572 g/mol. The number of hydrogen-bond acceptors (Lipinski definition) is 2. The fourth-order valence-electron chi connectivity index (χ4n) is 2.33. The first-order valence-electron chi connectivity index (χ1n) is 8.73. The second-order valence-corrected chi connectivity index (χ2v) is 8.30. The fourth-order valence-corrected chi connectivity index (χ4v) is 3.05. The zero-order chi connectivity index (χ0) is 23.4. The van der Waals surface area contributed by atoms with Gasteiger partial charge in [0.25, 0.3) is 0 Å². The zero-order valence-corrected chi connectivity index (χ0v) is 18.7. The van der Waals surface area contributed by atoms with E-state index in [4.69, 9.17) is 0 Å². The quantitative estimate of drug-likeness (QED) is 0.214. The first-order valence-corrected chi connectivity index (χ1v) is 10.3. The van der Waals surface area contributed by atoms with Crippen LogP contribution in [-0.4, -0.2) is 12.1 Å². The van der Waals surface area contributed by atoms with Crippen molar-refractivity contribution in [2.75, 3.05) is 0 Å². The Bertz CT molecular complexity index is 992. The van der Waals surface area contributed by atoms with Crippen LogP contribution < -0.4 is 0 Å². The van der Waals surface area contributed by atoms with Crippen LogP contribution in [0, 0.1) is 5.92 Å².